The molecule has 0 amide bonds. The van der Waals surface area contributed by atoms with Gasteiger partial charge in [-0.15, -0.1) is 5.73 Å². The molecule has 0 aromatic rings. The third kappa shape index (κ3) is 5.11. The molecule has 0 atom stereocenters. The van der Waals surface area contributed by atoms with E-state index in [-0.39, 0.29) is 6.61 Å². The lowest BCUT2D eigenvalue weighted by Gasteiger charge is -2.18. The fraction of sp³-hybridized carbons (Fsp3) is 0.727. The Kier molecular flexibility index (Phi) is 7.65. The van der Waals surface area contributed by atoms with E-state index in [0.717, 1.165) is 5.57 Å². The molecule has 0 aliphatic carbocycles. The highest BCUT2D eigenvalue weighted by Gasteiger charge is 2.29. The molecular formula is C11H21O4P. The van der Waals surface area contributed by atoms with Crippen LogP contribution in [0.5, 0.6) is 0 Å². The van der Waals surface area contributed by atoms with Crippen LogP contribution in [0.3, 0.4) is 0 Å². The van der Waals surface area contributed by atoms with Crippen molar-refractivity contribution in [2.24, 2.45) is 0 Å². The molecule has 0 saturated heterocycles. The molecule has 0 aliphatic rings. The molecule has 5 heteroatoms. The summed E-state index contributed by atoms with van der Waals surface area (Å²) in [6.45, 7) is 8.15. The summed E-state index contributed by atoms with van der Waals surface area (Å²) >= 11 is 0. The van der Waals surface area contributed by atoms with Crippen LogP contribution in [0.15, 0.2) is 16.6 Å². The molecule has 94 valence electrons. The van der Waals surface area contributed by atoms with Crippen molar-refractivity contribution in [3.8, 4) is 0 Å². The molecule has 0 heterocycles. The van der Waals surface area contributed by atoms with Gasteiger partial charge in [-0.3, -0.25) is 4.57 Å². The zero-order valence-electron chi connectivity index (χ0n) is 10.7. The standard InChI is InChI=1S/C11H21O4P/c1-6-14-16(12,15-7-2)11(9-13-5)8-10(3)4/h6-7,9H2,1-5H3. The number of rotatable bonds is 7. The lowest BCUT2D eigenvalue weighted by Crippen LogP contribution is -2.03. The quantitative estimate of drug-likeness (QED) is 0.512. The molecule has 0 spiro atoms. The van der Waals surface area contributed by atoms with E-state index in [0.29, 0.717) is 18.5 Å². The zero-order valence-corrected chi connectivity index (χ0v) is 11.6. The molecule has 0 fully saturated rings. The van der Waals surface area contributed by atoms with E-state index in [1.54, 1.807) is 13.8 Å². The summed E-state index contributed by atoms with van der Waals surface area (Å²) in [5.74, 6) is 0. The van der Waals surface area contributed by atoms with Crippen LogP contribution in [0.1, 0.15) is 27.7 Å². The number of ether oxygens (including phenoxy) is 1. The van der Waals surface area contributed by atoms with Gasteiger partial charge in [-0.2, -0.15) is 0 Å². The normalized spacial score (nSPS) is 11.1. The van der Waals surface area contributed by atoms with Crippen molar-refractivity contribution in [2.45, 2.75) is 27.7 Å². The van der Waals surface area contributed by atoms with E-state index in [9.17, 15) is 4.57 Å². The van der Waals surface area contributed by atoms with Gasteiger partial charge in [0.05, 0.1) is 19.8 Å². The summed E-state index contributed by atoms with van der Waals surface area (Å²) in [7, 11) is -1.70. The molecule has 0 aromatic carbocycles. The Morgan fingerprint density at radius 3 is 2.00 bits per heavy atom. The minimum absolute atomic E-state index is 0.197. The second kappa shape index (κ2) is 7.83. The monoisotopic (exact) mass is 248 g/mol. The Hall–Kier alpha value is -0.370. The van der Waals surface area contributed by atoms with E-state index in [1.807, 2.05) is 13.8 Å². The Bertz CT molecular complexity index is 302. The largest absolute Gasteiger partial charge is 0.379 e. The summed E-state index contributed by atoms with van der Waals surface area (Å²) in [5.41, 5.74) is 3.90. The Labute approximate surface area is 97.8 Å². The van der Waals surface area contributed by atoms with Crippen LogP contribution in [0, 0.1) is 0 Å². The van der Waals surface area contributed by atoms with Crippen LogP contribution in [0.4, 0.5) is 0 Å². The first kappa shape index (κ1) is 15.6. The van der Waals surface area contributed by atoms with Crippen molar-refractivity contribution in [1.82, 2.24) is 0 Å². The number of methoxy groups -OCH3 is 1. The molecule has 16 heavy (non-hydrogen) atoms. The zero-order chi connectivity index (χ0) is 12.6. The average Bonchev–Trinajstić information content (AvgIpc) is 2.17. The van der Waals surface area contributed by atoms with Crippen LogP contribution in [0.25, 0.3) is 0 Å². The van der Waals surface area contributed by atoms with Gasteiger partial charge in [-0.25, -0.2) is 0 Å². The first-order valence-corrected chi connectivity index (χ1v) is 6.86. The summed E-state index contributed by atoms with van der Waals surface area (Å²) in [4.78, 5) is 0. The molecule has 0 aliphatic heterocycles. The predicted molar refractivity (Wildman–Crippen MR) is 64.6 cm³/mol. The number of hydrogen-bond acceptors (Lipinski definition) is 4. The highest BCUT2D eigenvalue weighted by molar-refractivity contribution is 7.58. The van der Waals surface area contributed by atoms with E-state index in [2.05, 4.69) is 5.73 Å². The van der Waals surface area contributed by atoms with Gasteiger partial charge < -0.3 is 13.8 Å². The topological polar surface area (TPSA) is 44.8 Å². The van der Waals surface area contributed by atoms with Gasteiger partial charge >= 0.3 is 7.60 Å². The summed E-state index contributed by atoms with van der Waals surface area (Å²) < 4.78 is 27.9. The maximum atomic E-state index is 12.4. The molecule has 0 N–H and O–H groups in total. The van der Waals surface area contributed by atoms with Gasteiger partial charge in [-0.05, 0) is 33.3 Å². The van der Waals surface area contributed by atoms with E-state index in [1.165, 1.54) is 7.11 Å². The predicted octanol–water partition coefficient (Wildman–Crippen LogP) is 3.35. The van der Waals surface area contributed by atoms with Crippen LogP contribution in [-0.4, -0.2) is 26.9 Å². The van der Waals surface area contributed by atoms with E-state index in [4.69, 9.17) is 13.8 Å². The molecule has 0 saturated carbocycles. The average molecular weight is 248 g/mol. The molecule has 4 nitrogen and oxygen atoms in total. The van der Waals surface area contributed by atoms with Crippen molar-refractivity contribution in [2.75, 3.05) is 26.9 Å². The van der Waals surface area contributed by atoms with Gasteiger partial charge in [-0.1, -0.05) is 0 Å². The summed E-state index contributed by atoms with van der Waals surface area (Å²) in [6, 6.07) is 0. The Balaban J connectivity index is 5.27. The molecule has 0 radical (unpaired) electrons. The second-order valence-corrected chi connectivity index (χ2v) is 5.39. The van der Waals surface area contributed by atoms with Crippen LogP contribution < -0.4 is 0 Å². The molecular weight excluding hydrogens is 227 g/mol. The van der Waals surface area contributed by atoms with Gasteiger partial charge in [0.25, 0.3) is 0 Å². The maximum absolute atomic E-state index is 12.4. The number of hydrogen-bond donors (Lipinski definition) is 0. The first-order valence-electron chi connectivity index (χ1n) is 5.31. The highest BCUT2D eigenvalue weighted by Crippen LogP contribution is 2.55. The van der Waals surface area contributed by atoms with E-state index < -0.39 is 7.60 Å². The van der Waals surface area contributed by atoms with Crippen molar-refractivity contribution in [1.29, 1.82) is 0 Å². The highest BCUT2D eigenvalue weighted by atomic mass is 31.2. The minimum Gasteiger partial charge on any atom is -0.379 e. The summed E-state index contributed by atoms with van der Waals surface area (Å²) in [6.07, 6.45) is 0. The third-order valence-electron chi connectivity index (χ3n) is 1.60. The van der Waals surface area contributed by atoms with E-state index >= 15 is 0 Å². The van der Waals surface area contributed by atoms with Gasteiger partial charge in [0, 0.05) is 7.11 Å². The molecule has 0 aromatic heterocycles. The SMILES string of the molecule is CCOP(=O)(OCC)C(=C=C(C)C)COC. The fourth-order valence-corrected chi connectivity index (χ4v) is 2.86. The minimum atomic E-state index is -3.24. The maximum Gasteiger partial charge on any atom is 0.367 e. The lowest BCUT2D eigenvalue weighted by atomic mass is 10.4. The first-order chi connectivity index (χ1) is 7.50. The van der Waals surface area contributed by atoms with Gasteiger partial charge in [0.15, 0.2) is 0 Å². The van der Waals surface area contributed by atoms with Crippen molar-refractivity contribution >= 4 is 7.60 Å². The van der Waals surface area contributed by atoms with Crippen molar-refractivity contribution < 1.29 is 18.3 Å². The van der Waals surface area contributed by atoms with Crippen LogP contribution in [0.2, 0.25) is 0 Å². The molecule has 0 unspecified atom stereocenters. The Morgan fingerprint density at radius 2 is 1.69 bits per heavy atom. The lowest BCUT2D eigenvalue weighted by molar-refractivity contribution is 0.203. The van der Waals surface area contributed by atoms with Gasteiger partial charge in [0.2, 0.25) is 0 Å². The fourth-order valence-electron chi connectivity index (χ4n) is 1.14. The molecule has 0 bridgehead atoms. The summed E-state index contributed by atoms with van der Waals surface area (Å²) in [5, 5.41) is 0.443. The van der Waals surface area contributed by atoms with Crippen LogP contribution >= 0.6 is 7.60 Å². The molecule has 0 rings (SSSR count). The van der Waals surface area contributed by atoms with Gasteiger partial charge in [0.1, 0.15) is 5.31 Å². The second-order valence-electron chi connectivity index (χ2n) is 3.34. The van der Waals surface area contributed by atoms with Crippen molar-refractivity contribution in [3.05, 3.63) is 16.6 Å². The Morgan fingerprint density at radius 1 is 1.19 bits per heavy atom. The van der Waals surface area contributed by atoms with Crippen molar-refractivity contribution in [3.63, 3.8) is 0 Å². The smallest absolute Gasteiger partial charge is 0.367 e. The third-order valence-corrected chi connectivity index (χ3v) is 3.70. The van der Waals surface area contributed by atoms with Crippen LogP contribution in [-0.2, 0) is 18.3 Å².